The van der Waals surface area contributed by atoms with Crippen LogP contribution in [0.3, 0.4) is 0 Å². The Balaban J connectivity index is 1.69. The number of rotatable bonds is 3. The number of thiazole rings is 1. The molecule has 21 heavy (non-hydrogen) atoms. The predicted octanol–water partition coefficient (Wildman–Crippen LogP) is 2.78. The van der Waals surface area contributed by atoms with E-state index >= 15 is 0 Å². The fourth-order valence-electron chi connectivity index (χ4n) is 3.20. The van der Waals surface area contributed by atoms with Gasteiger partial charge in [-0.15, -0.1) is 0 Å². The number of carbonyl (C=O) groups excluding carboxylic acids is 1. The molecule has 0 bridgehead atoms. The Morgan fingerprint density at radius 2 is 1.81 bits per heavy atom. The minimum atomic E-state index is -0.0435. The lowest BCUT2D eigenvalue weighted by molar-refractivity contribution is 0.0942. The van der Waals surface area contributed by atoms with E-state index in [-0.39, 0.29) is 5.91 Å². The number of anilines is 2. The number of nitrogens with zero attached hydrogens (tertiary/aromatic N) is 2. The highest BCUT2D eigenvalue weighted by molar-refractivity contribution is 7.18. The predicted molar refractivity (Wildman–Crippen MR) is 86.9 cm³/mol. The van der Waals surface area contributed by atoms with Crippen molar-refractivity contribution in [3.63, 3.8) is 0 Å². The molecule has 3 N–H and O–H groups in total. The number of carbonyl (C=O) groups is 1. The van der Waals surface area contributed by atoms with Crippen LogP contribution in [0.15, 0.2) is 0 Å². The normalized spacial score (nSPS) is 20.5. The molecule has 2 fully saturated rings. The highest BCUT2D eigenvalue weighted by atomic mass is 32.1. The van der Waals surface area contributed by atoms with Gasteiger partial charge >= 0.3 is 0 Å². The van der Waals surface area contributed by atoms with Gasteiger partial charge < -0.3 is 16.0 Å². The molecular weight excluding hydrogens is 284 g/mol. The first-order valence-electron chi connectivity index (χ1n) is 8.06. The Hall–Kier alpha value is -1.30. The van der Waals surface area contributed by atoms with E-state index in [9.17, 15) is 4.79 Å². The van der Waals surface area contributed by atoms with E-state index in [4.69, 9.17) is 5.73 Å². The minimum absolute atomic E-state index is 0.0435. The molecule has 5 nitrogen and oxygen atoms in total. The molecule has 1 aromatic rings. The number of nitrogens with two attached hydrogens (primary N) is 1. The summed E-state index contributed by atoms with van der Waals surface area (Å²) < 4.78 is 0. The quantitative estimate of drug-likeness (QED) is 0.900. The highest BCUT2D eigenvalue weighted by Crippen LogP contribution is 2.30. The standard InChI is InChI=1S/C15H24N4OS/c16-13-12(14(20)17-11-7-3-4-8-11)21-15(18-13)19-9-5-1-2-6-10-19/h11H,1-10,16H2,(H,17,20). The molecule has 0 unspecified atom stereocenters. The summed E-state index contributed by atoms with van der Waals surface area (Å²) in [6.07, 6.45) is 9.56. The van der Waals surface area contributed by atoms with Crippen molar-refractivity contribution in [1.29, 1.82) is 0 Å². The molecule has 0 atom stereocenters. The van der Waals surface area contributed by atoms with E-state index in [1.54, 1.807) is 0 Å². The SMILES string of the molecule is Nc1nc(N2CCCCCC2)sc1C(=O)NC1CCCC1. The molecule has 1 aromatic heterocycles. The van der Waals surface area contributed by atoms with Crippen LogP contribution in [-0.4, -0.2) is 30.0 Å². The van der Waals surface area contributed by atoms with Crippen molar-refractivity contribution >= 4 is 28.2 Å². The van der Waals surface area contributed by atoms with Crippen LogP contribution in [0.2, 0.25) is 0 Å². The first-order chi connectivity index (χ1) is 10.2. The highest BCUT2D eigenvalue weighted by Gasteiger charge is 2.23. The van der Waals surface area contributed by atoms with E-state index in [1.165, 1.54) is 49.9 Å². The second-order valence-electron chi connectivity index (χ2n) is 6.07. The molecule has 1 aliphatic heterocycles. The van der Waals surface area contributed by atoms with E-state index in [2.05, 4.69) is 15.2 Å². The van der Waals surface area contributed by atoms with Crippen LogP contribution >= 0.6 is 11.3 Å². The van der Waals surface area contributed by atoms with Gasteiger partial charge in [0, 0.05) is 19.1 Å². The summed E-state index contributed by atoms with van der Waals surface area (Å²) in [5.74, 6) is 0.340. The Labute approximate surface area is 129 Å². The first kappa shape index (κ1) is 14.6. The molecule has 1 saturated carbocycles. The molecule has 116 valence electrons. The van der Waals surface area contributed by atoms with Crippen LogP contribution in [0.1, 0.15) is 61.0 Å². The third-order valence-corrected chi connectivity index (χ3v) is 5.55. The van der Waals surface area contributed by atoms with Gasteiger partial charge in [-0.1, -0.05) is 37.0 Å². The molecular formula is C15H24N4OS. The van der Waals surface area contributed by atoms with Gasteiger partial charge in [0.2, 0.25) is 0 Å². The lowest BCUT2D eigenvalue weighted by Gasteiger charge is -2.18. The smallest absolute Gasteiger partial charge is 0.265 e. The molecule has 1 aliphatic carbocycles. The number of hydrogen-bond acceptors (Lipinski definition) is 5. The van der Waals surface area contributed by atoms with Gasteiger partial charge in [-0.2, -0.15) is 0 Å². The number of aromatic nitrogens is 1. The van der Waals surface area contributed by atoms with Crippen molar-refractivity contribution in [2.75, 3.05) is 23.7 Å². The van der Waals surface area contributed by atoms with Crippen molar-refractivity contribution in [2.45, 2.75) is 57.4 Å². The molecule has 3 rings (SSSR count). The second-order valence-corrected chi connectivity index (χ2v) is 7.04. The zero-order valence-corrected chi connectivity index (χ0v) is 13.3. The van der Waals surface area contributed by atoms with Gasteiger partial charge in [0.1, 0.15) is 10.7 Å². The van der Waals surface area contributed by atoms with Crippen molar-refractivity contribution in [2.24, 2.45) is 0 Å². The van der Waals surface area contributed by atoms with Gasteiger partial charge in [0.15, 0.2) is 5.13 Å². The molecule has 0 aromatic carbocycles. The summed E-state index contributed by atoms with van der Waals surface area (Å²) in [6, 6.07) is 0.320. The second kappa shape index (κ2) is 6.64. The number of nitrogens with one attached hydrogen (secondary N) is 1. The van der Waals surface area contributed by atoms with Crippen LogP contribution < -0.4 is 16.0 Å². The summed E-state index contributed by atoms with van der Waals surface area (Å²) in [7, 11) is 0. The Morgan fingerprint density at radius 1 is 1.14 bits per heavy atom. The molecule has 0 spiro atoms. The third-order valence-electron chi connectivity index (χ3n) is 4.42. The average molecular weight is 308 g/mol. The lowest BCUT2D eigenvalue weighted by atomic mass is 10.2. The average Bonchev–Trinajstić information content (AvgIpc) is 3.01. The number of amides is 1. The van der Waals surface area contributed by atoms with Gasteiger partial charge in [-0.05, 0) is 25.7 Å². The van der Waals surface area contributed by atoms with Crippen molar-refractivity contribution in [3.8, 4) is 0 Å². The molecule has 1 amide bonds. The topological polar surface area (TPSA) is 71.2 Å². The van der Waals surface area contributed by atoms with Crippen molar-refractivity contribution < 1.29 is 4.79 Å². The molecule has 0 radical (unpaired) electrons. The van der Waals surface area contributed by atoms with Gasteiger partial charge in [0.25, 0.3) is 5.91 Å². The zero-order chi connectivity index (χ0) is 14.7. The number of hydrogen-bond donors (Lipinski definition) is 2. The Morgan fingerprint density at radius 3 is 2.48 bits per heavy atom. The largest absolute Gasteiger partial charge is 0.382 e. The van der Waals surface area contributed by atoms with Crippen LogP contribution in [-0.2, 0) is 0 Å². The van der Waals surface area contributed by atoms with Gasteiger partial charge in [0.05, 0.1) is 0 Å². The van der Waals surface area contributed by atoms with E-state index in [0.29, 0.717) is 16.7 Å². The summed E-state index contributed by atoms with van der Waals surface area (Å²) in [5.41, 5.74) is 5.97. The van der Waals surface area contributed by atoms with Gasteiger partial charge in [-0.3, -0.25) is 4.79 Å². The Kier molecular flexibility index (Phi) is 4.63. The number of nitrogen functional groups attached to an aromatic ring is 1. The molecule has 2 aliphatic rings. The monoisotopic (exact) mass is 308 g/mol. The fraction of sp³-hybridized carbons (Fsp3) is 0.733. The Bertz CT molecular complexity index is 488. The maximum Gasteiger partial charge on any atom is 0.265 e. The van der Waals surface area contributed by atoms with E-state index in [0.717, 1.165) is 31.1 Å². The van der Waals surface area contributed by atoms with E-state index in [1.807, 2.05) is 0 Å². The van der Waals surface area contributed by atoms with Crippen LogP contribution in [0.4, 0.5) is 10.9 Å². The zero-order valence-electron chi connectivity index (χ0n) is 12.4. The lowest BCUT2D eigenvalue weighted by Crippen LogP contribution is -2.32. The van der Waals surface area contributed by atoms with Crippen LogP contribution in [0, 0.1) is 0 Å². The maximum atomic E-state index is 12.3. The van der Waals surface area contributed by atoms with Crippen molar-refractivity contribution in [3.05, 3.63) is 4.88 Å². The maximum absolute atomic E-state index is 12.3. The molecule has 2 heterocycles. The summed E-state index contributed by atoms with van der Waals surface area (Å²) >= 11 is 1.44. The third kappa shape index (κ3) is 3.48. The summed E-state index contributed by atoms with van der Waals surface area (Å²) in [6.45, 7) is 2.05. The fourth-order valence-corrected chi connectivity index (χ4v) is 4.14. The van der Waals surface area contributed by atoms with E-state index < -0.39 is 0 Å². The van der Waals surface area contributed by atoms with Gasteiger partial charge in [-0.25, -0.2) is 4.98 Å². The van der Waals surface area contributed by atoms with Crippen LogP contribution in [0.25, 0.3) is 0 Å². The summed E-state index contributed by atoms with van der Waals surface area (Å²) in [4.78, 5) is 19.6. The minimum Gasteiger partial charge on any atom is -0.382 e. The van der Waals surface area contributed by atoms with Crippen LogP contribution in [0.5, 0.6) is 0 Å². The summed E-state index contributed by atoms with van der Waals surface area (Å²) in [5, 5.41) is 4.01. The molecule has 1 saturated heterocycles. The molecule has 6 heteroatoms. The van der Waals surface area contributed by atoms with Crippen molar-refractivity contribution in [1.82, 2.24) is 10.3 Å². The first-order valence-corrected chi connectivity index (χ1v) is 8.88.